The van der Waals surface area contributed by atoms with Crippen LogP contribution in [0.25, 0.3) is 0 Å². The molecule has 148 valence electrons. The Kier molecular flexibility index (Phi) is 8.50. The molecule has 2 rings (SSSR count). The average Bonchev–Trinajstić information content (AvgIpc) is 2.66. The van der Waals surface area contributed by atoms with Crippen molar-refractivity contribution in [3.8, 4) is 0 Å². The van der Waals surface area contributed by atoms with Gasteiger partial charge in [-0.1, -0.05) is 31.0 Å². The molecule has 2 N–H and O–H groups in total. The van der Waals surface area contributed by atoms with Gasteiger partial charge in [0.05, 0.1) is 0 Å². The standard InChI is InChI=1S/C18H22F2N2O4S/c19-18(20)27-14-8-6-13(7-9-14)22-15(23)11-26-16(24)10-21-17(25)12-4-2-1-3-5-12/h6-9,12,18H,1-5,10-11H2,(H,21,25)(H,22,23). The monoisotopic (exact) mass is 400 g/mol. The topological polar surface area (TPSA) is 84.5 Å². The number of carbonyl (C=O) groups excluding carboxylic acids is 3. The predicted octanol–water partition coefficient (Wildman–Crippen LogP) is 3.18. The second-order valence-electron chi connectivity index (χ2n) is 6.16. The summed E-state index contributed by atoms with van der Waals surface area (Å²) in [5.41, 5.74) is 0.403. The second-order valence-corrected chi connectivity index (χ2v) is 7.23. The highest BCUT2D eigenvalue weighted by molar-refractivity contribution is 7.99. The van der Waals surface area contributed by atoms with Crippen molar-refractivity contribution in [3.63, 3.8) is 0 Å². The fourth-order valence-corrected chi connectivity index (χ4v) is 3.28. The number of esters is 1. The van der Waals surface area contributed by atoms with E-state index in [0.717, 1.165) is 32.1 Å². The van der Waals surface area contributed by atoms with E-state index in [1.54, 1.807) is 0 Å². The SMILES string of the molecule is O=C(COC(=O)CNC(=O)C1CCCCC1)Nc1ccc(SC(F)F)cc1. The number of benzene rings is 1. The molecule has 1 fully saturated rings. The molecule has 1 aromatic rings. The minimum Gasteiger partial charge on any atom is -0.454 e. The molecule has 9 heteroatoms. The van der Waals surface area contributed by atoms with Gasteiger partial charge in [0.2, 0.25) is 5.91 Å². The maximum atomic E-state index is 12.2. The lowest BCUT2D eigenvalue weighted by Gasteiger charge is -2.20. The van der Waals surface area contributed by atoms with Crippen molar-refractivity contribution in [2.75, 3.05) is 18.5 Å². The van der Waals surface area contributed by atoms with Crippen LogP contribution in [0.15, 0.2) is 29.2 Å². The van der Waals surface area contributed by atoms with Crippen molar-refractivity contribution in [3.05, 3.63) is 24.3 Å². The molecule has 0 saturated heterocycles. The van der Waals surface area contributed by atoms with E-state index < -0.39 is 24.2 Å². The van der Waals surface area contributed by atoms with Gasteiger partial charge in [-0.25, -0.2) is 0 Å². The van der Waals surface area contributed by atoms with Gasteiger partial charge in [0.25, 0.3) is 11.7 Å². The molecule has 27 heavy (non-hydrogen) atoms. The molecular formula is C18H22F2N2O4S. The molecule has 1 aromatic carbocycles. The second kappa shape index (κ2) is 10.9. The molecule has 1 saturated carbocycles. The summed E-state index contributed by atoms with van der Waals surface area (Å²) in [6, 6.07) is 5.88. The summed E-state index contributed by atoms with van der Waals surface area (Å²) in [5.74, 6) is -3.98. The third-order valence-electron chi connectivity index (χ3n) is 4.11. The van der Waals surface area contributed by atoms with Gasteiger partial charge in [0, 0.05) is 16.5 Å². The minimum atomic E-state index is -2.51. The van der Waals surface area contributed by atoms with Gasteiger partial charge in [-0.2, -0.15) is 8.78 Å². The molecule has 2 amide bonds. The molecule has 6 nitrogen and oxygen atoms in total. The summed E-state index contributed by atoms with van der Waals surface area (Å²) in [7, 11) is 0. The maximum absolute atomic E-state index is 12.2. The van der Waals surface area contributed by atoms with Crippen LogP contribution in [-0.2, 0) is 19.1 Å². The molecule has 0 aliphatic heterocycles. The maximum Gasteiger partial charge on any atom is 0.325 e. The van der Waals surface area contributed by atoms with E-state index in [-0.39, 0.29) is 18.4 Å². The highest BCUT2D eigenvalue weighted by Crippen LogP contribution is 2.26. The molecule has 0 aromatic heterocycles. The van der Waals surface area contributed by atoms with E-state index in [9.17, 15) is 23.2 Å². The van der Waals surface area contributed by atoms with E-state index in [0.29, 0.717) is 22.3 Å². The Morgan fingerprint density at radius 3 is 2.41 bits per heavy atom. The number of ether oxygens (including phenoxy) is 1. The first-order valence-corrected chi connectivity index (χ1v) is 9.60. The van der Waals surface area contributed by atoms with Crippen LogP contribution < -0.4 is 10.6 Å². The van der Waals surface area contributed by atoms with Crippen molar-refractivity contribution in [2.24, 2.45) is 5.92 Å². The van der Waals surface area contributed by atoms with Gasteiger partial charge in [-0.05, 0) is 37.1 Å². The van der Waals surface area contributed by atoms with Crippen molar-refractivity contribution < 1.29 is 27.9 Å². The van der Waals surface area contributed by atoms with E-state index in [4.69, 9.17) is 4.74 Å². The third-order valence-corrected chi connectivity index (χ3v) is 4.83. The smallest absolute Gasteiger partial charge is 0.325 e. The minimum absolute atomic E-state index is 0.0546. The molecule has 0 unspecified atom stereocenters. The van der Waals surface area contributed by atoms with Gasteiger partial charge < -0.3 is 15.4 Å². The van der Waals surface area contributed by atoms with Crippen molar-refractivity contribution in [1.82, 2.24) is 5.32 Å². The zero-order valence-electron chi connectivity index (χ0n) is 14.7. The normalized spacial score (nSPS) is 14.6. The van der Waals surface area contributed by atoms with Crippen LogP contribution in [0, 0.1) is 5.92 Å². The number of amides is 2. The van der Waals surface area contributed by atoms with Crippen molar-refractivity contribution >= 4 is 35.2 Å². The molecule has 0 spiro atoms. The number of thioether (sulfide) groups is 1. The van der Waals surface area contributed by atoms with Crippen LogP contribution in [0.5, 0.6) is 0 Å². The van der Waals surface area contributed by atoms with Crippen molar-refractivity contribution in [2.45, 2.75) is 42.8 Å². The average molecular weight is 400 g/mol. The number of alkyl halides is 2. The van der Waals surface area contributed by atoms with Gasteiger partial charge >= 0.3 is 5.97 Å². The van der Waals surface area contributed by atoms with Crippen LogP contribution in [-0.4, -0.2) is 36.7 Å². The molecule has 0 atom stereocenters. The molecular weight excluding hydrogens is 378 g/mol. The number of halogens is 2. The lowest BCUT2D eigenvalue weighted by atomic mass is 9.89. The van der Waals surface area contributed by atoms with Crippen LogP contribution >= 0.6 is 11.8 Å². The Morgan fingerprint density at radius 1 is 1.11 bits per heavy atom. The van der Waals surface area contributed by atoms with E-state index >= 15 is 0 Å². The molecule has 0 heterocycles. The number of anilines is 1. The summed E-state index contributed by atoms with van der Waals surface area (Å²) in [4.78, 5) is 35.7. The number of rotatable bonds is 8. The van der Waals surface area contributed by atoms with Crippen LogP contribution in [0.1, 0.15) is 32.1 Å². The Hall–Kier alpha value is -2.16. The summed E-state index contributed by atoms with van der Waals surface area (Å²) in [6.07, 6.45) is 4.83. The summed E-state index contributed by atoms with van der Waals surface area (Å²) >= 11 is 0.408. The number of hydrogen-bond acceptors (Lipinski definition) is 5. The largest absolute Gasteiger partial charge is 0.454 e. The van der Waals surface area contributed by atoms with Gasteiger partial charge in [-0.3, -0.25) is 14.4 Å². The van der Waals surface area contributed by atoms with E-state index in [1.165, 1.54) is 24.3 Å². The first kappa shape index (κ1) is 21.1. The number of hydrogen-bond donors (Lipinski definition) is 2. The van der Waals surface area contributed by atoms with E-state index in [2.05, 4.69) is 10.6 Å². The van der Waals surface area contributed by atoms with Crippen LogP contribution in [0.4, 0.5) is 14.5 Å². The molecule has 1 aliphatic carbocycles. The Morgan fingerprint density at radius 2 is 1.78 bits per heavy atom. The number of nitrogens with one attached hydrogen (secondary N) is 2. The molecule has 0 bridgehead atoms. The predicted molar refractivity (Wildman–Crippen MR) is 97.5 cm³/mol. The Balaban J connectivity index is 1.65. The zero-order valence-corrected chi connectivity index (χ0v) is 15.5. The first-order valence-electron chi connectivity index (χ1n) is 8.72. The fraction of sp³-hybridized carbons (Fsp3) is 0.500. The zero-order chi connectivity index (χ0) is 19.6. The van der Waals surface area contributed by atoms with Gasteiger partial charge in [0.15, 0.2) is 6.61 Å². The lowest BCUT2D eigenvalue weighted by molar-refractivity contribution is -0.147. The fourth-order valence-electron chi connectivity index (χ4n) is 2.78. The quantitative estimate of drug-likeness (QED) is 0.517. The highest BCUT2D eigenvalue weighted by Gasteiger charge is 2.21. The van der Waals surface area contributed by atoms with Crippen LogP contribution in [0.3, 0.4) is 0 Å². The van der Waals surface area contributed by atoms with Gasteiger partial charge in [-0.15, -0.1) is 0 Å². The first-order chi connectivity index (χ1) is 12.9. The van der Waals surface area contributed by atoms with E-state index in [1.807, 2.05) is 0 Å². The Bertz CT molecular complexity index is 649. The Labute approximate surface area is 160 Å². The van der Waals surface area contributed by atoms with Gasteiger partial charge in [0.1, 0.15) is 6.54 Å². The highest BCUT2D eigenvalue weighted by atomic mass is 32.2. The molecule has 1 aliphatic rings. The summed E-state index contributed by atoms with van der Waals surface area (Å²) in [5, 5.41) is 5.03. The van der Waals surface area contributed by atoms with Crippen molar-refractivity contribution in [1.29, 1.82) is 0 Å². The summed E-state index contributed by atoms with van der Waals surface area (Å²) < 4.78 is 29.3. The summed E-state index contributed by atoms with van der Waals surface area (Å²) in [6.45, 7) is -0.770. The molecule has 0 radical (unpaired) electrons. The lowest BCUT2D eigenvalue weighted by Crippen LogP contribution is -2.36. The number of carbonyl (C=O) groups is 3. The van der Waals surface area contributed by atoms with Crippen LogP contribution in [0.2, 0.25) is 0 Å². The third kappa shape index (κ3) is 7.94.